The molecule has 4 rings (SSSR count). The minimum Gasteiger partial charge on any atom is -0.376 e. The zero-order valence-electron chi connectivity index (χ0n) is 16.7. The molecule has 2 aromatic carbocycles. The molecule has 7 heteroatoms. The smallest absolute Gasteiger partial charge is 0.257 e. The van der Waals surface area contributed by atoms with Crippen LogP contribution in [-0.4, -0.2) is 47.9 Å². The molecule has 2 saturated heterocycles. The predicted octanol–water partition coefficient (Wildman–Crippen LogP) is 3.55. The maximum atomic E-state index is 13.4. The van der Waals surface area contributed by atoms with Crippen molar-refractivity contribution in [3.8, 4) is 0 Å². The van der Waals surface area contributed by atoms with Gasteiger partial charge in [0, 0.05) is 22.3 Å². The van der Waals surface area contributed by atoms with Crippen LogP contribution in [0.15, 0.2) is 48.5 Å². The number of hydrogen-bond acceptors (Lipinski definition) is 4. The van der Waals surface area contributed by atoms with Crippen molar-refractivity contribution in [3.63, 3.8) is 0 Å². The summed E-state index contributed by atoms with van der Waals surface area (Å²) in [6, 6.07) is 13.7. The van der Waals surface area contributed by atoms with Crippen LogP contribution >= 0.6 is 22.6 Å². The molecule has 2 aliphatic rings. The number of benzene rings is 2. The van der Waals surface area contributed by atoms with Gasteiger partial charge in [0.05, 0.1) is 18.2 Å². The van der Waals surface area contributed by atoms with E-state index in [9.17, 15) is 14.4 Å². The Hall–Kier alpha value is -2.26. The topological polar surface area (TPSA) is 66.9 Å². The van der Waals surface area contributed by atoms with E-state index in [0.717, 1.165) is 22.0 Å². The summed E-state index contributed by atoms with van der Waals surface area (Å²) in [5, 5.41) is 0. The molecule has 2 unspecified atom stereocenters. The summed E-state index contributed by atoms with van der Waals surface area (Å²) in [5.41, 5.74) is 2.02. The van der Waals surface area contributed by atoms with Gasteiger partial charge in [-0.1, -0.05) is 17.7 Å². The normalized spacial score (nSPS) is 21.3. The highest BCUT2D eigenvalue weighted by Gasteiger charge is 2.45. The van der Waals surface area contributed by atoms with E-state index in [0.29, 0.717) is 24.4 Å². The number of halogens is 1. The quantitative estimate of drug-likeness (QED) is 0.449. The fraction of sp³-hybridized carbons (Fsp3) is 0.348. The Bertz CT molecular complexity index is 969. The van der Waals surface area contributed by atoms with Crippen molar-refractivity contribution in [1.29, 1.82) is 0 Å². The van der Waals surface area contributed by atoms with Gasteiger partial charge in [-0.2, -0.15) is 0 Å². The summed E-state index contributed by atoms with van der Waals surface area (Å²) in [7, 11) is 0. The molecule has 0 saturated carbocycles. The number of hydrogen-bond donors (Lipinski definition) is 0. The maximum absolute atomic E-state index is 13.4. The van der Waals surface area contributed by atoms with Crippen LogP contribution in [0.5, 0.6) is 0 Å². The first-order valence-corrected chi connectivity index (χ1v) is 11.1. The fourth-order valence-electron chi connectivity index (χ4n) is 4.02. The van der Waals surface area contributed by atoms with Gasteiger partial charge >= 0.3 is 0 Å². The number of imide groups is 1. The molecule has 0 N–H and O–H groups in total. The van der Waals surface area contributed by atoms with E-state index in [2.05, 4.69) is 22.6 Å². The van der Waals surface area contributed by atoms with Gasteiger partial charge in [0.2, 0.25) is 5.91 Å². The number of nitrogens with zero attached hydrogens (tertiary/aromatic N) is 2. The van der Waals surface area contributed by atoms with E-state index in [1.807, 2.05) is 37.3 Å². The maximum Gasteiger partial charge on any atom is 0.257 e. The molecule has 0 aromatic heterocycles. The second-order valence-corrected chi connectivity index (χ2v) is 8.97. The summed E-state index contributed by atoms with van der Waals surface area (Å²) in [6.07, 6.45) is 1.64. The lowest BCUT2D eigenvalue weighted by Gasteiger charge is -2.30. The molecule has 0 spiro atoms. The van der Waals surface area contributed by atoms with Gasteiger partial charge in [-0.05, 0) is 78.8 Å². The first-order valence-electron chi connectivity index (χ1n) is 10.1. The molecular weight excluding hydrogens is 495 g/mol. The molecule has 2 aliphatic heterocycles. The first-order chi connectivity index (χ1) is 14.4. The SMILES string of the molecule is Cc1cccc(C(=O)N(CC2CCCO2)C2CC(=O)N(c3ccc(I)cc3)C2=O)c1. The van der Waals surface area contributed by atoms with Gasteiger partial charge in [-0.25, -0.2) is 4.90 Å². The molecule has 0 bridgehead atoms. The minimum absolute atomic E-state index is 0.0188. The summed E-state index contributed by atoms with van der Waals surface area (Å²) in [5.74, 6) is -0.898. The summed E-state index contributed by atoms with van der Waals surface area (Å²) in [6.45, 7) is 2.88. The molecule has 2 atom stereocenters. The first kappa shape index (κ1) is 21.0. The summed E-state index contributed by atoms with van der Waals surface area (Å²) in [4.78, 5) is 42.2. The fourth-order valence-corrected chi connectivity index (χ4v) is 4.38. The molecule has 2 heterocycles. The predicted molar refractivity (Wildman–Crippen MR) is 121 cm³/mol. The highest BCUT2D eigenvalue weighted by atomic mass is 127. The van der Waals surface area contributed by atoms with Crippen LogP contribution in [0, 0.1) is 10.5 Å². The van der Waals surface area contributed by atoms with Crippen LogP contribution in [0.3, 0.4) is 0 Å². The number of carbonyl (C=O) groups excluding carboxylic acids is 3. The Morgan fingerprint density at radius 1 is 1.20 bits per heavy atom. The van der Waals surface area contributed by atoms with Crippen molar-refractivity contribution < 1.29 is 19.1 Å². The molecule has 30 heavy (non-hydrogen) atoms. The van der Waals surface area contributed by atoms with E-state index in [-0.39, 0.29) is 30.2 Å². The van der Waals surface area contributed by atoms with Crippen LogP contribution in [0.1, 0.15) is 35.2 Å². The Morgan fingerprint density at radius 3 is 2.63 bits per heavy atom. The van der Waals surface area contributed by atoms with Gasteiger partial charge in [-0.15, -0.1) is 0 Å². The molecule has 2 fully saturated rings. The number of anilines is 1. The van der Waals surface area contributed by atoms with E-state index in [4.69, 9.17) is 4.74 Å². The largest absolute Gasteiger partial charge is 0.376 e. The van der Waals surface area contributed by atoms with Crippen molar-refractivity contribution >= 4 is 46.0 Å². The molecular formula is C23H23IN2O4. The second kappa shape index (κ2) is 8.85. The molecule has 156 valence electrons. The Labute approximate surface area is 189 Å². The molecule has 2 aromatic rings. The lowest BCUT2D eigenvalue weighted by molar-refractivity contribution is -0.122. The number of carbonyl (C=O) groups is 3. The van der Waals surface area contributed by atoms with E-state index in [1.165, 1.54) is 9.80 Å². The van der Waals surface area contributed by atoms with Crippen LogP contribution in [0.4, 0.5) is 5.69 Å². The Kier molecular flexibility index (Phi) is 6.19. The van der Waals surface area contributed by atoms with E-state index < -0.39 is 6.04 Å². The zero-order chi connectivity index (χ0) is 21.3. The molecule has 3 amide bonds. The third-order valence-electron chi connectivity index (χ3n) is 5.53. The minimum atomic E-state index is -0.825. The van der Waals surface area contributed by atoms with Crippen LogP contribution in [0.25, 0.3) is 0 Å². The lowest BCUT2D eigenvalue weighted by Crippen LogP contribution is -2.48. The number of ether oxygens (including phenoxy) is 1. The number of rotatable bonds is 5. The van der Waals surface area contributed by atoms with Gasteiger partial charge in [0.1, 0.15) is 6.04 Å². The van der Waals surface area contributed by atoms with Gasteiger partial charge in [0.15, 0.2) is 0 Å². The van der Waals surface area contributed by atoms with E-state index >= 15 is 0 Å². The number of aryl methyl sites for hydroxylation is 1. The molecule has 0 aliphatic carbocycles. The molecule has 0 radical (unpaired) electrons. The highest BCUT2D eigenvalue weighted by molar-refractivity contribution is 14.1. The number of amides is 3. The molecule has 6 nitrogen and oxygen atoms in total. The lowest BCUT2D eigenvalue weighted by atomic mass is 10.1. The summed E-state index contributed by atoms with van der Waals surface area (Å²) < 4.78 is 6.75. The third-order valence-corrected chi connectivity index (χ3v) is 6.25. The monoisotopic (exact) mass is 518 g/mol. The highest BCUT2D eigenvalue weighted by Crippen LogP contribution is 2.28. The van der Waals surface area contributed by atoms with Crippen LogP contribution in [-0.2, 0) is 14.3 Å². The van der Waals surface area contributed by atoms with Crippen molar-refractivity contribution in [2.45, 2.75) is 38.3 Å². The average molecular weight is 518 g/mol. The van der Waals surface area contributed by atoms with Gasteiger partial charge in [-0.3, -0.25) is 14.4 Å². The third kappa shape index (κ3) is 4.27. The van der Waals surface area contributed by atoms with E-state index in [1.54, 1.807) is 18.2 Å². The van der Waals surface area contributed by atoms with Crippen molar-refractivity contribution in [1.82, 2.24) is 4.90 Å². The average Bonchev–Trinajstić information content (AvgIpc) is 3.34. The standard InChI is InChI=1S/C23H23IN2O4/c1-15-4-2-5-16(12-15)22(28)25(14-19-6-3-11-30-19)20-13-21(27)26(23(20)29)18-9-7-17(24)8-10-18/h2,4-5,7-10,12,19-20H,3,6,11,13-14H2,1H3. The van der Waals surface area contributed by atoms with Crippen molar-refractivity contribution in [2.75, 3.05) is 18.1 Å². The van der Waals surface area contributed by atoms with Crippen molar-refractivity contribution in [3.05, 3.63) is 63.2 Å². The summed E-state index contributed by atoms with van der Waals surface area (Å²) >= 11 is 2.17. The second-order valence-electron chi connectivity index (χ2n) is 7.73. The van der Waals surface area contributed by atoms with Gasteiger partial charge in [0.25, 0.3) is 11.8 Å². The van der Waals surface area contributed by atoms with Gasteiger partial charge < -0.3 is 9.64 Å². The van der Waals surface area contributed by atoms with Crippen LogP contribution < -0.4 is 4.90 Å². The Morgan fingerprint density at radius 2 is 1.97 bits per heavy atom. The van der Waals surface area contributed by atoms with Crippen LogP contribution in [0.2, 0.25) is 0 Å². The van der Waals surface area contributed by atoms with Crippen molar-refractivity contribution in [2.24, 2.45) is 0 Å². The zero-order valence-corrected chi connectivity index (χ0v) is 18.9. The Balaban J connectivity index is 1.64.